The van der Waals surface area contributed by atoms with Gasteiger partial charge in [0.25, 0.3) is 5.78 Å². The second-order valence-corrected chi connectivity index (χ2v) is 5.17. The van der Waals surface area contributed by atoms with Crippen molar-refractivity contribution >= 4 is 35.0 Å². The number of hydrogen-bond donors (Lipinski definition) is 1. The lowest BCUT2D eigenvalue weighted by Crippen LogP contribution is -2.26. The number of carbonyl (C=O) groups is 1. The smallest absolute Gasteiger partial charge is 0.455 e. The van der Waals surface area contributed by atoms with Crippen molar-refractivity contribution in [3.05, 3.63) is 58.5 Å². The third-order valence-corrected chi connectivity index (χ3v) is 3.42. The van der Waals surface area contributed by atoms with Crippen molar-refractivity contribution < 1.29 is 27.5 Å². The van der Waals surface area contributed by atoms with E-state index in [0.717, 1.165) is 11.8 Å². The summed E-state index contributed by atoms with van der Waals surface area (Å²) in [6.07, 6.45) is -3.39. The third-order valence-electron chi connectivity index (χ3n) is 3.01. The number of furan rings is 1. The van der Waals surface area contributed by atoms with E-state index in [1.165, 1.54) is 24.3 Å². The molecule has 0 bridgehead atoms. The number of Topliss-reactive ketones (excluding diaryl/α,β-unsaturated/α-hetero) is 1. The molecule has 0 fully saturated rings. The predicted octanol–water partition coefficient (Wildman–Crippen LogP) is 5.04. The van der Waals surface area contributed by atoms with Crippen LogP contribution in [0.15, 0.2) is 51.6 Å². The Balaban J connectivity index is 2.47. The molecule has 126 valence electrons. The molecule has 0 aliphatic carbocycles. The van der Waals surface area contributed by atoms with E-state index in [0.29, 0.717) is 11.2 Å². The van der Waals surface area contributed by atoms with Gasteiger partial charge in [0.2, 0.25) is 0 Å². The maximum Gasteiger partial charge on any atom is 0.455 e. The molecule has 0 saturated heterocycles. The number of aryl methyl sites for hydroxylation is 1. The molecule has 8 heteroatoms. The van der Waals surface area contributed by atoms with Gasteiger partial charge >= 0.3 is 6.18 Å². The quantitative estimate of drug-likeness (QED) is 0.473. The molecule has 1 aromatic carbocycles. The molecule has 24 heavy (non-hydrogen) atoms. The van der Waals surface area contributed by atoms with E-state index in [-0.39, 0.29) is 11.4 Å². The molecular formula is C16H11ClF3NO3. The summed E-state index contributed by atoms with van der Waals surface area (Å²) in [5, 5.41) is 10.3. The van der Waals surface area contributed by atoms with Gasteiger partial charge in [-0.05, 0) is 36.8 Å². The van der Waals surface area contributed by atoms with Crippen molar-refractivity contribution in [2.24, 2.45) is 4.99 Å². The Morgan fingerprint density at radius 1 is 1.33 bits per heavy atom. The van der Waals surface area contributed by atoms with Crippen LogP contribution in [-0.2, 0) is 4.79 Å². The number of allylic oxidation sites excluding steroid dienone is 1. The molecular weight excluding hydrogens is 347 g/mol. The summed E-state index contributed by atoms with van der Waals surface area (Å²) in [7, 11) is 0. The van der Waals surface area contributed by atoms with E-state index in [9.17, 15) is 23.1 Å². The molecule has 2 aromatic rings. The minimum Gasteiger partial charge on any atom is -0.504 e. The number of alkyl halides is 3. The van der Waals surface area contributed by atoms with Crippen LogP contribution in [0.3, 0.4) is 0 Å². The van der Waals surface area contributed by atoms with Gasteiger partial charge in [0.05, 0.1) is 17.5 Å². The zero-order valence-corrected chi connectivity index (χ0v) is 13.0. The van der Waals surface area contributed by atoms with Gasteiger partial charge in [-0.1, -0.05) is 17.7 Å². The van der Waals surface area contributed by atoms with Gasteiger partial charge in [0.1, 0.15) is 0 Å². The van der Waals surface area contributed by atoms with Gasteiger partial charge < -0.3 is 9.52 Å². The van der Waals surface area contributed by atoms with Crippen LogP contribution in [0.4, 0.5) is 18.9 Å². The van der Waals surface area contributed by atoms with E-state index in [4.69, 9.17) is 16.0 Å². The minimum absolute atomic E-state index is 0.227. The number of ketones is 1. The number of carbonyl (C=O) groups excluding carboxylic acids is 1. The zero-order chi connectivity index (χ0) is 17.9. The number of hydrogen-bond acceptors (Lipinski definition) is 4. The molecule has 4 nitrogen and oxygen atoms in total. The lowest BCUT2D eigenvalue weighted by molar-refractivity contribution is -0.165. The molecule has 0 unspecified atom stereocenters. The highest BCUT2D eigenvalue weighted by Gasteiger charge is 2.42. The minimum atomic E-state index is -5.17. The van der Waals surface area contributed by atoms with Gasteiger partial charge in [-0.15, -0.1) is 0 Å². The van der Waals surface area contributed by atoms with Crippen molar-refractivity contribution in [1.29, 1.82) is 0 Å². The van der Waals surface area contributed by atoms with Crippen LogP contribution in [-0.4, -0.2) is 23.3 Å². The maximum absolute atomic E-state index is 12.7. The SMILES string of the molecule is Cc1ccc(N=C/C(C(=O)C(F)(F)F)=C(\O)c2ccco2)cc1Cl. The molecule has 0 aliphatic heterocycles. The summed E-state index contributed by atoms with van der Waals surface area (Å²) in [4.78, 5) is 15.3. The molecule has 1 heterocycles. The lowest BCUT2D eigenvalue weighted by Gasteiger charge is -2.07. The summed E-state index contributed by atoms with van der Waals surface area (Å²) >= 11 is 5.91. The first-order chi connectivity index (χ1) is 11.2. The third kappa shape index (κ3) is 4.05. The summed E-state index contributed by atoms with van der Waals surface area (Å²) < 4.78 is 43.0. The van der Waals surface area contributed by atoms with Crippen LogP contribution in [0.5, 0.6) is 0 Å². The predicted molar refractivity (Wildman–Crippen MR) is 83.7 cm³/mol. The zero-order valence-electron chi connectivity index (χ0n) is 12.3. The summed E-state index contributed by atoms with van der Waals surface area (Å²) in [6, 6.07) is 7.13. The summed E-state index contributed by atoms with van der Waals surface area (Å²) in [5.41, 5.74) is -0.0457. The van der Waals surface area contributed by atoms with Crippen LogP contribution >= 0.6 is 11.6 Å². The average molecular weight is 358 g/mol. The lowest BCUT2D eigenvalue weighted by atomic mass is 10.1. The normalized spacial score (nSPS) is 13.2. The van der Waals surface area contributed by atoms with E-state index in [2.05, 4.69) is 4.99 Å². The fraction of sp³-hybridized carbons (Fsp3) is 0.125. The average Bonchev–Trinajstić information content (AvgIpc) is 3.04. The maximum atomic E-state index is 12.7. The largest absolute Gasteiger partial charge is 0.504 e. The standard InChI is InChI=1S/C16H11ClF3NO3/c1-9-4-5-10(7-12(9)17)21-8-11(15(23)16(18,19)20)14(22)13-3-2-6-24-13/h2-8,22H,1H3/b14-11+,21-8?. The molecule has 0 amide bonds. The molecule has 0 aliphatic rings. The second-order valence-electron chi connectivity index (χ2n) is 4.76. The Labute approximate surface area is 139 Å². The van der Waals surface area contributed by atoms with Crippen LogP contribution in [0, 0.1) is 6.92 Å². The number of benzene rings is 1. The van der Waals surface area contributed by atoms with Crippen LogP contribution < -0.4 is 0 Å². The number of nitrogens with zero attached hydrogens (tertiary/aromatic N) is 1. The van der Waals surface area contributed by atoms with Gasteiger partial charge in [0, 0.05) is 11.2 Å². The molecule has 1 N–H and O–H groups in total. The number of rotatable bonds is 4. The first kappa shape index (κ1) is 17.8. The van der Waals surface area contributed by atoms with E-state index in [1.54, 1.807) is 13.0 Å². The van der Waals surface area contributed by atoms with E-state index >= 15 is 0 Å². The highest BCUT2D eigenvalue weighted by atomic mass is 35.5. The van der Waals surface area contributed by atoms with Gasteiger partial charge in [0.15, 0.2) is 11.5 Å². The fourth-order valence-corrected chi connectivity index (χ4v) is 1.90. The van der Waals surface area contributed by atoms with Crippen molar-refractivity contribution in [3.8, 4) is 0 Å². The monoisotopic (exact) mass is 357 g/mol. The van der Waals surface area contributed by atoms with E-state index < -0.39 is 23.3 Å². The first-order valence-electron chi connectivity index (χ1n) is 6.59. The molecule has 2 rings (SSSR count). The van der Waals surface area contributed by atoms with Crippen LogP contribution in [0.25, 0.3) is 5.76 Å². The number of aliphatic hydroxyl groups excluding tert-OH is 1. The van der Waals surface area contributed by atoms with Crippen molar-refractivity contribution in [1.82, 2.24) is 0 Å². The topological polar surface area (TPSA) is 62.8 Å². The highest BCUT2D eigenvalue weighted by Crippen LogP contribution is 2.26. The molecule has 0 saturated carbocycles. The van der Waals surface area contributed by atoms with Gasteiger partial charge in [-0.2, -0.15) is 13.2 Å². The Morgan fingerprint density at radius 2 is 2.04 bits per heavy atom. The summed E-state index contributed by atoms with van der Waals surface area (Å²) in [5.74, 6) is -3.47. The fourth-order valence-electron chi connectivity index (χ4n) is 1.73. The Kier molecular flexibility index (Phi) is 5.14. The Bertz CT molecular complexity index is 808. The van der Waals surface area contributed by atoms with Crippen molar-refractivity contribution in [2.75, 3.05) is 0 Å². The van der Waals surface area contributed by atoms with Crippen LogP contribution in [0.2, 0.25) is 5.02 Å². The number of halogens is 4. The molecule has 0 radical (unpaired) electrons. The van der Waals surface area contributed by atoms with Gasteiger partial charge in [-0.25, -0.2) is 0 Å². The highest BCUT2D eigenvalue weighted by molar-refractivity contribution is 6.31. The molecule has 1 aromatic heterocycles. The van der Waals surface area contributed by atoms with Crippen molar-refractivity contribution in [2.45, 2.75) is 13.1 Å². The molecule has 0 atom stereocenters. The van der Waals surface area contributed by atoms with E-state index in [1.807, 2.05) is 0 Å². The summed E-state index contributed by atoms with van der Waals surface area (Å²) in [6.45, 7) is 1.75. The Hall–Kier alpha value is -2.54. The number of aliphatic hydroxyl groups is 1. The first-order valence-corrected chi connectivity index (χ1v) is 6.97. The second kappa shape index (κ2) is 6.92. The Morgan fingerprint density at radius 3 is 2.58 bits per heavy atom. The van der Waals surface area contributed by atoms with Gasteiger partial charge in [-0.3, -0.25) is 9.79 Å². The molecule has 0 spiro atoms. The van der Waals surface area contributed by atoms with Crippen molar-refractivity contribution in [3.63, 3.8) is 0 Å². The number of aliphatic imine (C=N–C) groups is 1. The van der Waals surface area contributed by atoms with Crippen LogP contribution in [0.1, 0.15) is 11.3 Å².